The van der Waals surface area contributed by atoms with Gasteiger partial charge >= 0.3 is 5.97 Å². The minimum Gasteiger partial charge on any atom is -0.478 e. The van der Waals surface area contributed by atoms with Crippen molar-refractivity contribution in [1.29, 1.82) is 0 Å². The van der Waals surface area contributed by atoms with Crippen LogP contribution >= 0.6 is 0 Å². The average molecular weight is 305 g/mol. The molecular weight excluding hydrogens is 286 g/mol. The monoisotopic (exact) mass is 305 g/mol. The van der Waals surface area contributed by atoms with Crippen molar-refractivity contribution >= 4 is 11.9 Å². The van der Waals surface area contributed by atoms with Crippen LogP contribution in [-0.2, 0) is 6.54 Å². The molecule has 2 heterocycles. The standard InChI is InChI=1S/C16H19NO5/c1-9(2)12-5-6-21-14(12)15(18)17(4)8-11-7-13(16(19)20)10(3)22-11/h5-7,9H,8H2,1-4H3,(H,19,20). The summed E-state index contributed by atoms with van der Waals surface area (Å²) < 4.78 is 10.7. The molecule has 1 N–H and O–H groups in total. The van der Waals surface area contributed by atoms with Crippen LogP contribution < -0.4 is 0 Å². The largest absolute Gasteiger partial charge is 0.478 e. The number of carbonyl (C=O) groups excluding carboxylic acids is 1. The molecule has 0 spiro atoms. The van der Waals surface area contributed by atoms with E-state index in [1.54, 1.807) is 20.0 Å². The van der Waals surface area contributed by atoms with Crippen LogP contribution in [0.1, 0.15) is 57.8 Å². The lowest BCUT2D eigenvalue weighted by Gasteiger charge is -2.15. The van der Waals surface area contributed by atoms with Crippen LogP contribution in [-0.4, -0.2) is 28.9 Å². The lowest BCUT2D eigenvalue weighted by molar-refractivity contribution is 0.0693. The van der Waals surface area contributed by atoms with Crippen LogP contribution in [0.3, 0.4) is 0 Å². The van der Waals surface area contributed by atoms with E-state index >= 15 is 0 Å². The summed E-state index contributed by atoms with van der Waals surface area (Å²) >= 11 is 0. The molecule has 0 aliphatic carbocycles. The molecule has 0 atom stereocenters. The number of carboxylic acids is 1. The Morgan fingerprint density at radius 2 is 2.05 bits per heavy atom. The van der Waals surface area contributed by atoms with Gasteiger partial charge in [0, 0.05) is 12.6 Å². The normalized spacial score (nSPS) is 11.0. The van der Waals surface area contributed by atoms with Crippen LogP contribution in [0.15, 0.2) is 27.2 Å². The van der Waals surface area contributed by atoms with E-state index in [0.29, 0.717) is 17.3 Å². The molecule has 2 aromatic rings. The zero-order valence-electron chi connectivity index (χ0n) is 13.0. The van der Waals surface area contributed by atoms with E-state index in [4.69, 9.17) is 13.9 Å². The zero-order chi connectivity index (χ0) is 16.4. The number of hydrogen-bond donors (Lipinski definition) is 1. The van der Waals surface area contributed by atoms with Gasteiger partial charge in [0.05, 0.1) is 12.8 Å². The highest BCUT2D eigenvalue weighted by Crippen LogP contribution is 2.23. The first-order valence-corrected chi connectivity index (χ1v) is 6.96. The van der Waals surface area contributed by atoms with Crippen molar-refractivity contribution in [3.63, 3.8) is 0 Å². The molecule has 1 amide bonds. The first-order chi connectivity index (χ1) is 10.3. The quantitative estimate of drug-likeness (QED) is 0.916. The maximum absolute atomic E-state index is 12.4. The predicted octanol–water partition coefficient (Wildman–Crippen LogP) is 3.27. The van der Waals surface area contributed by atoms with Gasteiger partial charge in [-0.25, -0.2) is 4.79 Å². The Morgan fingerprint density at radius 3 is 2.59 bits per heavy atom. The summed E-state index contributed by atoms with van der Waals surface area (Å²) in [5, 5.41) is 9.01. The van der Waals surface area contributed by atoms with Gasteiger partial charge in [-0.05, 0) is 25.0 Å². The Balaban J connectivity index is 2.16. The molecule has 0 bridgehead atoms. The number of nitrogens with zero attached hydrogens (tertiary/aromatic N) is 1. The number of carboxylic acid groups (broad SMARTS) is 1. The summed E-state index contributed by atoms with van der Waals surface area (Å²) in [6.07, 6.45) is 1.50. The van der Waals surface area contributed by atoms with Crippen molar-refractivity contribution < 1.29 is 23.5 Å². The van der Waals surface area contributed by atoms with Gasteiger partial charge in [0.1, 0.15) is 17.1 Å². The summed E-state index contributed by atoms with van der Waals surface area (Å²) in [5.74, 6) is -0.0864. The number of rotatable bonds is 5. The maximum Gasteiger partial charge on any atom is 0.339 e. The smallest absolute Gasteiger partial charge is 0.339 e. The average Bonchev–Trinajstić information content (AvgIpc) is 3.04. The Morgan fingerprint density at radius 1 is 1.36 bits per heavy atom. The molecular formula is C16H19NO5. The molecule has 0 saturated heterocycles. The fourth-order valence-electron chi connectivity index (χ4n) is 2.26. The van der Waals surface area contributed by atoms with Crippen molar-refractivity contribution in [3.05, 3.63) is 46.8 Å². The van der Waals surface area contributed by atoms with Crippen LogP contribution in [0.25, 0.3) is 0 Å². The van der Waals surface area contributed by atoms with Crippen LogP contribution in [0.5, 0.6) is 0 Å². The van der Waals surface area contributed by atoms with E-state index in [-0.39, 0.29) is 23.9 Å². The van der Waals surface area contributed by atoms with Crippen molar-refractivity contribution in [2.24, 2.45) is 0 Å². The minimum atomic E-state index is -1.05. The molecule has 2 rings (SSSR count). The SMILES string of the molecule is Cc1oc(CN(C)C(=O)c2occc2C(C)C)cc1C(=O)O. The van der Waals surface area contributed by atoms with E-state index in [9.17, 15) is 9.59 Å². The number of aromatic carboxylic acids is 1. The molecule has 6 heteroatoms. The van der Waals surface area contributed by atoms with Crippen LogP contribution in [0.4, 0.5) is 0 Å². The molecule has 0 fully saturated rings. The summed E-state index contributed by atoms with van der Waals surface area (Å²) in [7, 11) is 1.62. The second-order valence-corrected chi connectivity index (χ2v) is 5.51. The van der Waals surface area contributed by atoms with Crippen LogP contribution in [0.2, 0.25) is 0 Å². The van der Waals surface area contributed by atoms with Gasteiger partial charge in [0.15, 0.2) is 5.76 Å². The van der Waals surface area contributed by atoms with E-state index in [0.717, 1.165) is 5.56 Å². The van der Waals surface area contributed by atoms with Gasteiger partial charge in [-0.2, -0.15) is 0 Å². The zero-order valence-corrected chi connectivity index (χ0v) is 13.0. The Kier molecular flexibility index (Phi) is 4.40. The summed E-state index contributed by atoms with van der Waals surface area (Å²) in [5.41, 5.74) is 0.954. The Bertz CT molecular complexity index is 695. The first kappa shape index (κ1) is 15.9. The summed E-state index contributed by atoms with van der Waals surface area (Å²) in [6, 6.07) is 3.22. The molecule has 0 aromatic carbocycles. The molecule has 0 aliphatic heterocycles. The van der Waals surface area contributed by atoms with Gasteiger partial charge in [-0.3, -0.25) is 4.79 Å². The predicted molar refractivity (Wildman–Crippen MR) is 79.0 cm³/mol. The van der Waals surface area contributed by atoms with E-state index in [2.05, 4.69) is 0 Å². The molecule has 2 aromatic heterocycles. The molecule has 0 saturated carbocycles. The topological polar surface area (TPSA) is 83.9 Å². The molecule has 22 heavy (non-hydrogen) atoms. The lowest BCUT2D eigenvalue weighted by atomic mass is 10.0. The van der Waals surface area contributed by atoms with Gasteiger partial charge < -0.3 is 18.8 Å². The summed E-state index contributed by atoms with van der Waals surface area (Å²) in [4.78, 5) is 24.9. The highest BCUT2D eigenvalue weighted by Gasteiger charge is 2.23. The van der Waals surface area contributed by atoms with Gasteiger partial charge in [-0.1, -0.05) is 13.8 Å². The second kappa shape index (κ2) is 6.09. The third-order valence-electron chi connectivity index (χ3n) is 3.45. The Hall–Kier alpha value is -2.50. The Labute approximate surface area is 128 Å². The van der Waals surface area contributed by atoms with E-state index in [1.807, 2.05) is 13.8 Å². The molecule has 0 radical (unpaired) electrons. The molecule has 6 nitrogen and oxygen atoms in total. The van der Waals surface area contributed by atoms with Crippen molar-refractivity contribution in [3.8, 4) is 0 Å². The van der Waals surface area contributed by atoms with Crippen molar-refractivity contribution in [2.75, 3.05) is 7.05 Å². The van der Waals surface area contributed by atoms with Crippen LogP contribution in [0, 0.1) is 6.92 Å². The number of amides is 1. The third-order valence-corrected chi connectivity index (χ3v) is 3.45. The fraction of sp³-hybridized carbons (Fsp3) is 0.375. The maximum atomic E-state index is 12.4. The highest BCUT2D eigenvalue weighted by molar-refractivity contribution is 5.93. The molecule has 118 valence electrons. The highest BCUT2D eigenvalue weighted by atomic mass is 16.4. The lowest BCUT2D eigenvalue weighted by Crippen LogP contribution is -2.26. The fourth-order valence-corrected chi connectivity index (χ4v) is 2.26. The summed E-state index contributed by atoms with van der Waals surface area (Å²) in [6.45, 7) is 5.72. The van der Waals surface area contributed by atoms with Gasteiger partial charge in [0.2, 0.25) is 0 Å². The van der Waals surface area contributed by atoms with Crippen molar-refractivity contribution in [1.82, 2.24) is 4.90 Å². The van der Waals surface area contributed by atoms with Crippen molar-refractivity contribution in [2.45, 2.75) is 33.2 Å². The third kappa shape index (κ3) is 3.05. The van der Waals surface area contributed by atoms with E-state index < -0.39 is 5.97 Å². The molecule has 0 aliphatic rings. The molecule has 0 unspecified atom stereocenters. The first-order valence-electron chi connectivity index (χ1n) is 6.96. The van der Waals surface area contributed by atoms with Gasteiger partial charge in [0.25, 0.3) is 5.91 Å². The number of furan rings is 2. The van der Waals surface area contributed by atoms with E-state index in [1.165, 1.54) is 17.2 Å². The second-order valence-electron chi connectivity index (χ2n) is 5.51. The number of hydrogen-bond acceptors (Lipinski definition) is 4. The van der Waals surface area contributed by atoms with Gasteiger partial charge in [-0.15, -0.1) is 0 Å². The number of carbonyl (C=O) groups is 2. The minimum absolute atomic E-state index is 0.108. The number of aryl methyl sites for hydroxylation is 1.